The Bertz CT molecular complexity index is 338. The fraction of sp³-hybridized carbons (Fsp3) is 0.308. The molecule has 0 atom stereocenters. The molecule has 0 bridgehead atoms. The lowest BCUT2D eigenvalue weighted by Crippen LogP contribution is -1.84. The van der Waals surface area contributed by atoms with E-state index in [-0.39, 0.29) is 5.12 Å². The third kappa shape index (κ3) is 4.84. The lowest BCUT2D eigenvalue weighted by Gasteiger charge is -1.99. The van der Waals surface area contributed by atoms with Gasteiger partial charge in [-0.1, -0.05) is 43.7 Å². The van der Waals surface area contributed by atoms with E-state index in [1.54, 1.807) is 6.08 Å². The van der Waals surface area contributed by atoms with Crippen LogP contribution in [0.5, 0.6) is 0 Å². The summed E-state index contributed by atoms with van der Waals surface area (Å²) in [5, 5.41) is -0.218. The zero-order valence-corrected chi connectivity index (χ0v) is 9.84. The largest absolute Gasteiger partial charge is 0.283 e. The van der Waals surface area contributed by atoms with E-state index in [1.807, 2.05) is 12.1 Å². The van der Waals surface area contributed by atoms with Crippen molar-refractivity contribution in [3.05, 3.63) is 41.5 Å². The highest BCUT2D eigenvalue weighted by Gasteiger charge is 1.92. The van der Waals surface area contributed by atoms with Crippen molar-refractivity contribution in [2.75, 3.05) is 0 Å². The van der Waals surface area contributed by atoms with E-state index in [0.717, 1.165) is 12.0 Å². The number of carbonyl (C=O) groups is 1. The summed E-state index contributed by atoms with van der Waals surface area (Å²) in [5.74, 6) is 0. The number of unbranched alkanes of at least 4 members (excludes halogenated alkanes) is 1. The Labute approximate surface area is 96.6 Å². The van der Waals surface area contributed by atoms with Crippen molar-refractivity contribution >= 4 is 23.8 Å². The maximum Gasteiger partial charge on any atom is 0.209 e. The molecule has 0 amide bonds. The quantitative estimate of drug-likeness (QED) is 0.593. The van der Waals surface area contributed by atoms with Crippen LogP contribution in [-0.2, 0) is 11.2 Å². The maximum absolute atomic E-state index is 10.6. The van der Waals surface area contributed by atoms with Crippen LogP contribution >= 0.6 is 12.6 Å². The minimum Gasteiger partial charge on any atom is -0.283 e. The van der Waals surface area contributed by atoms with Crippen LogP contribution in [0, 0.1) is 0 Å². The van der Waals surface area contributed by atoms with Gasteiger partial charge < -0.3 is 0 Å². The van der Waals surface area contributed by atoms with Gasteiger partial charge in [-0.15, -0.1) is 12.6 Å². The van der Waals surface area contributed by atoms with E-state index in [4.69, 9.17) is 0 Å². The van der Waals surface area contributed by atoms with E-state index >= 15 is 0 Å². The van der Waals surface area contributed by atoms with Crippen LogP contribution in [0.3, 0.4) is 0 Å². The number of carbonyl (C=O) groups excluding carboxylic acids is 1. The van der Waals surface area contributed by atoms with Gasteiger partial charge in [0.15, 0.2) is 0 Å². The molecule has 0 saturated carbocycles. The highest BCUT2D eigenvalue weighted by molar-refractivity contribution is 7.97. The second-order valence-electron chi connectivity index (χ2n) is 3.52. The molecule has 0 unspecified atom stereocenters. The van der Waals surface area contributed by atoms with Crippen LogP contribution in [0.15, 0.2) is 30.3 Å². The molecule has 1 aromatic rings. The number of thiol groups is 1. The summed E-state index contributed by atoms with van der Waals surface area (Å²) in [7, 11) is 0. The van der Waals surface area contributed by atoms with Gasteiger partial charge in [-0.05, 0) is 30.0 Å². The van der Waals surface area contributed by atoms with Gasteiger partial charge >= 0.3 is 0 Å². The van der Waals surface area contributed by atoms with E-state index in [9.17, 15) is 4.79 Å². The molecule has 1 aromatic carbocycles. The first-order valence-electron chi connectivity index (χ1n) is 5.22. The van der Waals surface area contributed by atoms with Gasteiger partial charge in [0.05, 0.1) is 0 Å². The SMILES string of the molecule is CCCCc1ccc(C=CC(=O)S)cc1. The molecule has 0 aliphatic heterocycles. The Balaban J connectivity index is 2.60. The van der Waals surface area contributed by atoms with E-state index in [0.29, 0.717) is 0 Å². The summed E-state index contributed by atoms with van der Waals surface area (Å²) in [4.78, 5) is 10.6. The number of rotatable bonds is 5. The molecule has 2 heteroatoms. The smallest absolute Gasteiger partial charge is 0.209 e. The number of aryl methyl sites for hydroxylation is 1. The van der Waals surface area contributed by atoms with Crippen LogP contribution in [0.25, 0.3) is 6.08 Å². The molecular weight excluding hydrogens is 204 g/mol. The summed E-state index contributed by atoms with van der Waals surface area (Å²) >= 11 is 3.67. The summed E-state index contributed by atoms with van der Waals surface area (Å²) in [6.07, 6.45) is 6.81. The first-order chi connectivity index (χ1) is 7.22. The zero-order valence-electron chi connectivity index (χ0n) is 8.94. The van der Waals surface area contributed by atoms with Gasteiger partial charge in [0.1, 0.15) is 0 Å². The van der Waals surface area contributed by atoms with Gasteiger partial charge in [-0.3, -0.25) is 4.79 Å². The molecule has 0 aromatic heterocycles. The predicted octanol–water partition coefficient (Wildman–Crippen LogP) is 3.50. The van der Waals surface area contributed by atoms with Gasteiger partial charge in [0, 0.05) is 0 Å². The Kier molecular flexibility index (Phi) is 5.19. The number of hydrogen-bond donors (Lipinski definition) is 1. The highest BCUT2D eigenvalue weighted by Crippen LogP contribution is 2.09. The average molecular weight is 220 g/mol. The minimum atomic E-state index is -0.218. The van der Waals surface area contributed by atoms with Crippen LogP contribution < -0.4 is 0 Å². The van der Waals surface area contributed by atoms with E-state index in [2.05, 4.69) is 31.7 Å². The standard InChI is InChI=1S/C13H16OS/c1-2-3-4-11-5-7-12(8-6-11)9-10-13(14)15/h5-10H,2-4H2,1H3,(H,14,15). The summed E-state index contributed by atoms with van der Waals surface area (Å²) < 4.78 is 0. The Morgan fingerprint density at radius 3 is 2.53 bits per heavy atom. The van der Waals surface area contributed by atoms with Crippen molar-refractivity contribution in [1.29, 1.82) is 0 Å². The molecule has 0 N–H and O–H groups in total. The van der Waals surface area contributed by atoms with Crippen LogP contribution in [0.2, 0.25) is 0 Å². The molecule has 15 heavy (non-hydrogen) atoms. The Hall–Kier alpha value is -1.02. The average Bonchev–Trinajstić information content (AvgIpc) is 2.25. The number of benzene rings is 1. The molecule has 0 aliphatic carbocycles. The topological polar surface area (TPSA) is 17.1 Å². The Morgan fingerprint density at radius 2 is 2.00 bits per heavy atom. The van der Waals surface area contributed by atoms with Crippen molar-refractivity contribution < 1.29 is 4.79 Å². The third-order valence-corrected chi connectivity index (χ3v) is 2.37. The van der Waals surface area contributed by atoms with Crippen molar-refractivity contribution in [3.8, 4) is 0 Å². The Morgan fingerprint density at radius 1 is 1.33 bits per heavy atom. The molecule has 1 nitrogen and oxygen atoms in total. The van der Waals surface area contributed by atoms with Gasteiger partial charge in [-0.25, -0.2) is 0 Å². The summed E-state index contributed by atoms with van der Waals surface area (Å²) in [6, 6.07) is 8.27. The van der Waals surface area contributed by atoms with Crippen LogP contribution in [-0.4, -0.2) is 5.12 Å². The fourth-order valence-electron chi connectivity index (χ4n) is 1.34. The maximum atomic E-state index is 10.6. The molecule has 0 saturated heterocycles. The van der Waals surface area contributed by atoms with Gasteiger partial charge in [-0.2, -0.15) is 0 Å². The van der Waals surface area contributed by atoms with Crippen molar-refractivity contribution in [2.24, 2.45) is 0 Å². The molecule has 80 valence electrons. The first kappa shape index (κ1) is 12.1. The lowest BCUT2D eigenvalue weighted by atomic mass is 10.1. The van der Waals surface area contributed by atoms with Crippen LogP contribution in [0.4, 0.5) is 0 Å². The first-order valence-corrected chi connectivity index (χ1v) is 5.67. The van der Waals surface area contributed by atoms with E-state index < -0.39 is 0 Å². The minimum absolute atomic E-state index is 0.218. The third-order valence-electron chi connectivity index (χ3n) is 2.22. The van der Waals surface area contributed by atoms with Crippen molar-refractivity contribution in [2.45, 2.75) is 26.2 Å². The monoisotopic (exact) mass is 220 g/mol. The number of hydrogen-bond acceptors (Lipinski definition) is 1. The summed E-state index contributed by atoms with van der Waals surface area (Å²) in [5.41, 5.74) is 2.39. The van der Waals surface area contributed by atoms with Crippen molar-refractivity contribution in [3.63, 3.8) is 0 Å². The second-order valence-corrected chi connectivity index (χ2v) is 3.96. The lowest BCUT2D eigenvalue weighted by molar-refractivity contribution is -0.106. The van der Waals surface area contributed by atoms with E-state index in [1.165, 1.54) is 24.5 Å². The molecule has 0 aliphatic rings. The van der Waals surface area contributed by atoms with Crippen LogP contribution in [0.1, 0.15) is 30.9 Å². The second kappa shape index (κ2) is 6.46. The normalized spacial score (nSPS) is 10.8. The molecule has 0 fully saturated rings. The zero-order chi connectivity index (χ0) is 11.1. The summed E-state index contributed by atoms with van der Waals surface area (Å²) in [6.45, 7) is 2.19. The molecule has 0 radical (unpaired) electrons. The van der Waals surface area contributed by atoms with Gasteiger partial charge in [0.25, 0.3) is 0 Å². The fourth-order valence-corrected chi connectivity index (χ4v) is 1.42. The predicted molar refractivity (Wildman–Crippen MR) is 68.1 cm³/mol. The van der Waals surface area contributed by atoms with Gasteiger partial charge in [0.2, 0.25) is 5.12 Å². The molecule has 0 spiro atoms. The molecule has 0 heterocycles. The highest BCUT2D eigenvalue weighted by atomic mass is 32.1. The van der Waals surface area contributed by atoms with Crippen molar-refractivity contribution in [1.82, 2.24) is 0 Å². The molecular formula is C13H16OS. The molecule has 1 rings (SSSR count).